The van der Waals surface area contributed by atoms with Crippen LogP contribution in [-0.2, 0) is 0 Å². The van der Waals surface area contributed by atoms with Gasteiger partial charge in [-0.05, 0) is 18.6 Å². The van der Waals surface area contributed by atoms with Crippen LogP contribution in [0.4, 0.5) is 18.9 Å². The molecule has 0 aliphatic rings. The second kappa shape index (κ2) is 5.40. The molecular formula is C9H10ClF3N2O3. The molecule has 1 aromatic rings. The number of phenols is 1. The highest BCUT2D eigenvalue weighted by atomic mass is 35.5. The number of hydrogen-bond acceptors (Lipinski definition) is 4. The van der Waals surface area contributed by atoms with Gasteiger partial charge in [0.2, 0.25) is 0 Å². The van der Waals surface area contributed by atoms with Crippen LogP contribution in [0.15, 0.2) is 12.1 Å². The van der Waals surface area contributed by atoms with E-state index in [0.29, 0.717) is 0 Å². The van der Waals surface area contributed by atoms with Gasteiger partial charge in [0.15, 0.2) is 0 Å². The van der Waals surface area contributed by atoms with Crippen LogP contribution in [0.2, 0.25) is 0 Å². The van der Waals surface area contributed by atoms with Crippen LogP contribution in [0.25, 0.3) is 0 Å². The van der Waals surface area contributed by atoms with Crippen molar-refractivity contribution in [2.24, 2.45) is 5.73 Å². The highest BCUT2D eigenvalue weighted by molar-refractivity contribution is 5.85. The fraction of sp³-hybridized carbons (Fsp3) is 0.333. The number of alkyl halides is 3. The molecular weight excluding hydrogens is 277 g/mol. The van der Waals surface area contributed by atoms with Gasteiger partial charge in [-0.2, -0.15) is 13.2 Å². The lowest BCUT2D eigenvalue weighted by atomic mass is 10.0. The first-order valence-corrected chi connectivity index (χ1v) is 4.45. The Morgan fingerprint density at radius 3 is 2.33 bits per heavy atom. The summed E-state index contributed by atoms with van der Waals surface area (Å²) in [5.41, 5.74) is 3.22. The maximum Gasteiger partial charge on any atom is 0.408 e. The number of aryl methyl sites for hydroxylation is 1. The Balaban J connectivity index is 0.00000289. The summed E-state index contributed by atoms with van der Waals surface area (Å²) in [6.45, 7) is 1.33. The number of benzene rings is 1. The van der Waals surface area contributed by atoms with Crippen LogP contribution >= 0.6 is 12.4 Å². The molecule has 102 valence electrons. The monoisotopic (exact) mass is 286 g/mol. The molecule has 0 aliphatic carbocycles. The summed E-state index contributed by atoms with van der Waals surface area (Å²) in [6, 6.07) is -0.557. The lowest BCUT2D eigenvalue weighted by Gasteiger charge is -2.17. The Labute approximate surface area is 106 Å². The predicted molar refractivity (Wildman–Crippen MR) is 59.7 cm³/mol. The molecule has 3 N–H and O–H groups in total. The maximum atomic E-state index is 12.4. The predicted octanol–water partition coefficient (Wildman–Crippen LogP) is 2.59. The van der Waals surface area contributed by atoms with Crippen LogP contribution in [0.5, 0.6) is 5.75 Å². The number of nitro groups is 1. The third-order valence-electron chi connectivity index (χ3n) is 2.26. The summed E-state index contributed by atoms with van der Waals surface area (Å²) < 4.78 is 37.3. The van der Waals surface area contributed by atoms with Gasteiger partial charge >= 0.3 is 6.18 Å². The largest absolute Gasteiger partial charge is 0.507 e. The first-order chi connectivity index (χ1) is 7.66. The van der Waals surface area contributed by atoms with Gasteiger partial charge in [-0.3, -0.25) is 10.1 Å². The van der Waals surface area contributed by atoms with Gasteiger partial charge in [0, 0.05) is 6.07 Å². The van der Waals surface area contributed by atoms with Crippen molar-refractivity contribution in [1.29, 1.82) is 0 Å². The minimum Gasteiger partial charge on any atom is -0.507 e. The molecule has 0 aliphatic heterocycles. The molecule has 0 spiro atoms. The van der Waals surface area contributed by atoms with E-state index in [1.165, 1.54) is 6.92 Å². The molecule has 0 saturated carbocycles. The molecule has 0 bridgehead atoms. The molecule has 1 atom stereocenters. The summed E-state index contributed by atoms with van der Waals surface area (Å²) in [7, 11) is 0. The van der Waals surface area contributed by atoms with Crippen molar-refractivity contribution < 1.29 is 23.2 Å². The quantitative estimate of drug-likeness (QED) is 0.646. The average Bonchev–Trinajstić information content (AvgIpc) is 2.19. The van der Waals surface area contributed by atoms with Crippen LogP contribution in [0.1, 0.15) is 17.2 Å². The highest BCUT2D eigenvalue weighted by Gasteiger charge is 2.43. The smallest absolute Gasteiger partial charge is 0.408 e. The minimum atomic E-state index is -4.87. The van der Waals surface area contributed by atoms with E-state index in [0.717, 1.165) is 12.1 Å². The molecule has 0 fully saturated rings. The van der Waals surface area contributed by atoms with E-state index in [1.54, 1.807) is 0 Å². The Bertz CT molecular complexity index is 465. The van der Waals surface area contributed by atoms with E-state index in [4.69, 9.17) is 5.73 Å². The van der Waals surface area contributed by atoms with Gasteiger partial charge in [-0.15, -0.1) is 12.4 Å². The fourth-order valence-corrected chi connectivity index (χ4v) is 1.34. The third kappa shape index (κ3) is 3.02. The molecule has 0 amide bonds. The molecule has 1 aromatic carbocycles. The van der Waals surface area contributed by atoms with Crippen molar-refractivity contribution in [3.8, 4) is 5.75 Å². The van der Waals surface area contributed by atoms with Crippen molar-refractivity contribution >= 4 is 18.1 Å². The summed E-state index contributed by atoms with van der Waals surface area (Å²) in [5.74, 6) is -0.802. The zero-order valence-electron chi connectivity index (χ0n) is 9.06. The fourth-order valence-electron chi connectivity index (χ4n) is 1.34. The number of nitrogens with two attached hydrogens (primary N) is 1. The number of hydrogen-bond donors (Lipinski definition) is 2. The van der Waals surface area contributed by atoms with E-state index in [1.807, 2.05) is 0 Å². The minimum absolute atomic E-state index is 0. The zero-order valence-corrected chi connectivity index (χ0v) is 9.88. The van der Waals surface area contributed by atoms with Crippen LogP contribution in [0.3, 0.4) is 0 Å². The Kier molecular flexibility index (Phi) is 4.94. The summed E-state index contributed by atoms with van der Waals surface area (Å²) in [5, 5.41) is 20.1. The summed E-state index contributed by atoms with van der Waals surface area (Å²) in [4.78, 5) is 9.57. The molecule has 0 unspecified atom stereocenters. The van der Waals surface area contributed by atoms with E-state index < -0.39 is 34.1 Å². The summed E-state index contributed by atoms with van der Waals surface area (Å²) in [6.07, 6.45) is -4.87. The summed E-state index contributed by atoms with van der Waals surface area (Å²) >= 11 is 0. The zero-order chi connectivity index (χ0) is 13.4. The van der Waals surface area contributed by atoms with Gasteiger partial charge in [0.05, 0.1) is 10.5 Å². The Morgan fingerprint density at radius 2 is 1.94 bits per heavy atom. The van der Waals surface area contributed by atoms with Crippen LogP contribution < -0.4 is 5.73 Å². The first kappa shape index (κ1) is 16.5. The van der Waals surface area contributed by atoms with Gasteiger partial charge in [0.25, 0.3) is 5.69 Å². The number of rotatable bonds is 2. The SMILES string of the molecule is Cc1ccc([N+](=O)[O-])c([C@H](N)C(F)(F)F)c1O.Cl. The molecule has 0 heterocycles. The van der Waals surface area contributed by atoms with Crippen molar-refractivity contribution in [2.75, 3.05) is 0 Å². The van der Waals surface area contributed by atoms with Crippen molar-refractivity contribution in [3.05, 3.63) is 33.4 Å². The maximum absolute atomic E-state index is 12.4. The Morgan fingerprint density at radius 1 is 1.44 bits per heavy atom. The van der Waals surface area contributed by atoms with Crippen molar-refractivity contribution in [3.63, 3.8) is 0 Å². The number of nitrogens with zero attached hydrogens (tertiary/aromatic N) is 1. The standard InChI is InChI=1S/C9H9F3N2O3.ClH/c1-4-2-3-5(14(16)17)6(7(4)15)8(13)9(10,11)12;/h2-3,8,15H,13H2,1H3;1H/t8-;/m0./s1. The second-order valence-electron chi connectivity index (χ2n) is 3.44. The van der Waals surface area contributed by atoms with Crippen molar-refractivity contribution in [2.45, 2.75) is 19.1 Å². The van der Waals surface area contributed by atoms with Crippen molar-refractivity contribution in [1.82, 2.24) is 0 Å². The van der Waals surface area contributed by atoms with E-state index in [-0.39, 0.29) is 18.0 Å². The van der Waals surface area contributed by atoms with Crippen LogP contribution in [0, 0.1) is 17.0 Å². The van der Waals surface area contributed by atoms with Crippen LogP contribution in [-0.4, -0.2) is 16.2 Å². The molecule has 9 heteroatoms. The molecule has 0 radical (unpaired) electrons. The molecule has 1 rings (SSSR count). The van der Waals surface area contributed by atoms with Gasteiger partial charge in [0.1, 0.15) is 11.8 Å². The lowest BCUT2D eigenvalue weighted by molar-refractivity contribution is -0.386. The topological polar surface area (TPSA) is 89.4 Å². The number of nitro benzene ring substituents is 1. The van der Waals surface area contributed by atoms with E-state index >= 15 is 0 Å². The third-order valence-corrected chi connectivity index (χ3v) is 2.26. The molecule has 18 heavy (non-hydrogen) atoms. The van der Waals surface area contributed by atoms with E-state index in [9.17, 15) is 28.4 Å². The average molecular weight is 287 g/mol. The second-order valence-corrected chi connectivity index (χ2v) is 3.44. The van der Waals surface area contributed by atoms with Gasteiger partial charge in [-0.1, -0.05) is 0 Å². The molecule has 0 saturated heterocycles. The number of phenolic OH excluding ortho intramolecular Hbond substituents is 1. The highest BCUT2D eigenvalue weighted by Crippen LogP contribution is 2.41. The molecule has 0 aromatic heterocycles. The van der Waals surface area contributed by atoms with Gasteiger partial charge in [-0.25, -0.2) is 0 Å². The number of aromatic hydroxyl groups is 1. The molecule has 5 nitrogen and oxygen atoms in total. The lowest BCUT2D eigenvalue weighted by Crippen LogP contribution is -2.29. The first-order valence-electron chi connectivity index (χ1n) is 4.45. The normalized spacial score (nSPS) is 12.7. The Hall–Kier alpha value is -1.54. The number of halogens is 4. The van der Waals surface area contributed by atoms with E-state index in [2.05, 4.69) is 0 Å². The van der Waals surface area contributed by atoms with Gasteiger partial charge < -0.3 is 10.8 Å².